The normalized spacial score (nSPS) is 16.2. The van der Waals surface area contributed by atoms with Crippen LogP contribution in [-0.2, 0) is 0 Å². The van der Waals surface area contributed by atoms with E-state index in [0.29, 0.717) is 32.7 Å². The summed E-state index contributed by atoms with van der Waals surface area (Å²) in [6.45, 7) is 0. The smallest absolute Gasteiger partial charge is 0.143 e. The fourth-order valence-electron chi connectivity index (χ4n) is 6.21. The van der Waals surface area contributed by atoms with Crippen LogP contribution >= 0.6 is 0 Å². The highest BCUT2D eigenvalue weighted by atomic mass is 16.3. The van der Waals surface area contributed by atoms with Crippen LogP contribution in [0.15, 0.2) is 174 Å². The van der Waals surface area contributed by atoms with Crippen molar-refractivity contribution in [2.45, 2.75) is 0 Å². The molecule has 0 unspecified atom stereocenters. The molecule has 8 aromatic carbocycles. The van der Waals surface area contributed by atoms with Gasteiger partial charge in [-0.1, -0.05) is 157 Å². The Morgan fingerprint density at radius 2 is 0.911 bits per heavy atom. The second-order valence-electron chi connectivity index (χ2n) is 10.5. The molecule has 0 saturated heterocycles. The van der Waals surface area contributed by atoms with Crippen molar-refractivity contribution in [2.75, 3.05) is 0 Å². The Bertz CT molecular complexity index is 3290. The first-order valence-electron chi connectivity index (χ1n) is 21.7. The summed E-state index contributed by atoms with van der Waals surface area (Å²) in [5.41, 5.74) is 0.409. The summed E-state index contributed by atoms with van der Waals surface area (Å²) in [4.78, 5) is 0. The van der Waals surface area contributed by atoms with Gasteiger partial charge in [0.2, 0.25) is 0 Å². The van der Waals surface area contributed by atoms with E-state index in [9.17, 15) is 4.11 Å². The predicted molar refractivity (Wildman–Crippen MR) is 190 cm³/mol. The largest absolute Gasteiger partial charge is 0.455 e. The Morgan fingerprint density at radius 3 is 1.60 bits per heavy atom. The highest BCUT2D eigenvalue weighted by molar-refractivity contribution is 6.25. The third kappa shape index (κ3) is 4.02. The molecule has 210 valence electrons. The lowest BCUT2D eigenvalue weighted by Gasteiger charge is -2.21. The Hall–Kier alpha value is -5.92. The van der Waals surface area contributed by atoms with Gasteiger partial charge in [-0.25, -0.2) is 0 Å². The zero-order chi connectivity index (χ0) is 42.8. The molecule has 45 heavy (non-hydrogen) atoms. The van der Waals surface area contributed by atoms with Crippen LogP contribution in [0.4, 0.5) is 0 Å². The Balaban J connectivity index is 1.56. The fourth-order valence-corrected chi connectivity index (χ4v) is 6.21. The lowest BCUT2D eigenvalue weighted by atomic mass is 9.82. The lowest BCUT2D eigenvalue weighted by Crippen LogP contribution is -1.94. The van der Waals surface area contributed by atoms with E-state index in [0.717, 1.165) is 0 Å². The van der Waals surface area contributed by atoms with Crippen LogP contribution < -0.4 is 0 Å². The van der Waals surface area contributed by atoms with Crippen molar-refractivity contribution in [1.29, 1.82) is 0 Å². The van der Waals surface area contributed by atoms with Crippen molar-refractivity contribution in [1.82, 2.24) is 0 Å². The van der Waals surface area contributed by atoms with Gasteiger partial charge in [0.25, 0.3) is 0 Å². The van der Waals surface area contributed by atoms with E-state index in [1.165, 1.54) is 0 Å². The molecule has 0 radical (unpaired) electrons. The number of furan rings is 1. The monoisotopic (exact) mass is 587 g/mol. The van der Waals surface area contributed by atoms with Gasteiger partial charge in [0.05, 0.1) is 20.6 Å². The molecule has 0 N–H and O–H groups in total. The van der Waals surface area contributed by atoms with Crippen molar-refractivity contribution in [3.8, 4) is 44.5 Å². The first kappa shape index (κ1) is 14.7. The van der Waals surface area contributed by atoms with Crippen LogP contribution in [0.5, 0.6) is 0 Å². The summed E-state index contributed by atoms with van der Waals surface area (Å²) in [5.74, 6) is 0. The predicted octanol–water partition coefficient (Wildman–Crippen LogP) is 12.6. The minimum atomic E-state index is -0.691. The summed E-state index contributed by atoms with van der Waals surface area (Å²) in [7, 11) is 0. The number of fused-ring (bicyclic) bond motifs is 5. The summed E-state index contributed by atoms with van der Waals surface area (Å²) < 4.78 is 140. The van der Waals surface area contributed by atoms with Gasteiger partial charge in [-0.15, -0.1) is 0 Å². The number of hydrogen-bond acceptors (Lipinski definition) is 1. The maximum atomic E-state index is 9.78. The summed E-state index contributed by atoms with van der Waals surface area (Å²) >= 11 is 0. The average molecular weight is 588 g/mol. The van der Waals surface area contributed by atoms with Crippen LogP contribution in [0.2, 0.25) is 0 Å². The van der Waals surface area contributed by atoms with E-state index in [-0.39, 0.29) is 67.4 Å². The molecule has 0 aliphatic rings. The quantitative estimate of drug-likeness (QED) is 0.187. The van der Waals surface area contributed by atoms with Gasteiger partial charge in [-0.3, -0.25) is 0 Å². The van der Waals surface area contributed by atoms with E-state index in [1.54, 1.807) is 78.9 Å². The van der Waals surface area contributed by atoms with Gasteiger partial charge in [-0.05, 0) is 72.6 Å². The van der Waals surface area contributed by atoms with E-state index >= 15 is 0 Å². The van der Waals surface area contributed by atoms with Crippen molar-refractivity contribution in [2.24, 2.45) is 0 Å². The minimum absolute atomic E-state index is 0.0856. The molecule has 1 aromatic heterocycles. The molecule has 1 heterocycles. The third-order valence-electron chi connectivity index (χ3n) is 8.06. The van der Waals surface area contributed by atoms with Crippen LogP contribution in [0.3, 0.4) is 0 Å². The second kappa shape index (κ2) is 10.4. The van der Waals surface area contributed by atoms with Gasteiger partial charge in [-0.2, -0.15) is 0 Å². The second-order valence-corrected chi connectivity index (χ2v) is 10.5. The maximum absolute atomic E-state index is 9.78. The number of hydrogen-bond donors (Lipinski definition) is 0. The topological polar surface area (TPSA) is 13.1 Å². The molecule has 0 fully saturated rings. The Morgan fingerprint density at radius 1 is 0.356 bits per heavy atom. The zero-order valence-corrected chi connectivity index (χ0v) is 23.4. The molecule has 0 aliphatic carbocycles. The Kier molecular flexibility index (Phi) is 3.39. The lowest BCUT2D eigenvalue weighted by molar-refractivity contribution is 0.670. The van der Waals surface area contributed by atoms with Gasteiger partial charge < -0.3 is 4.42 Å². The molecule has 1 heteroatoms. The highest BCUT2D eigenvalue weighted by Crippen LogP contribution is 2.49. The number of rotatable bonds is 4. The molecular weight excluding hydrogens is 544 g/mol. The Labute approximate surface area is 282 Å². The molecule has 0 aliphatic heterocycles. The molecule has 9 aromatic rings. The van der Waals surface area contributed by atoms with Crippen molar-refractivity contribution in [3.63, 3.8) is 0 Å². The van der Waals surface area contributed by atoms with Gasteiger partial charge >= 0.3 is 0 Å². The van der Waals surface area contributed by atoms with E-state index in [1.807, 2.05) is 0 Å². The van der Waals surface area contributed by atoms with E-state index in [2.05, 4.69) is 0 Å². The number of para-hydroxylation sites is 1. The van der Waals surface area contributed by atoms with Crippen LogP contribution in [0.1, 0.15) is 20.6 Å². The third-order valence-corrected chi connectivity index (χ3v) is 8.06. The highest BCUT2D eigenvalue weighted by Gasteiger charge is 2.23. The molecule has 0 amide bonds. The summed E-state index contributed by atoms with van der Waals surface area (Å²) in [6.07, 6.45) is 0. The summed E-state index contributed by atoms with van der Waals surface area (Å²) in [6, 6.07) is 14.7. The van der Waals surface area contributed by atoms with E-state index in [4.69, 9.17) is 20.9 Å². The number of benzene rings is 8. The van der Waals surface area contributed by atoms with Crippen molar-refractivity contribution >= 4 is 43.5 Å². The zero-order valence-electron chi connectivity index (χ0n) is 38.4. The molecule has 0 spiro atoms. The van der Waals surface area contributed by atoms with Gasteiger partial charge in [0.1, 0.15) is 11.2 Å². The van der Waals surface area contributed by atoms with Crippen LogP contribution in [-0.4, -0.2) is 0 Å². The first-order chi connectivity index (χ1) is 28.6. The maximum Gasteiger partial charge on any atom is 0.143 e. The minimum Gasteiger partial charge on any atom is -0.455 e. The molecule has 9 rings (SSSR count). The first-order valence-corrected chi connectivity index (χ1v) is 14.2. The van der Waals surface area contributed by atoms with Crippen LogP contribution in [0, 0.1) is 0 Å². The van der Waals surface area contributed by atoms with Gasteiger partial charge in [0, 0.05) is 16.3 Å². The summed E-state index contributed by atoms with van der Waals surface area (Å²) in [5, 5.41) is 1.36. The molecular formula is C44H28O. The van der Waals surface area contributed by atoms with E-state index < -0.39 is 78.6 Å². The van der Waals surface area contributed by atoms with Crippen LogP contribution in [0.25, 0.3) is 88.0 Å². The molecule has 1 nitrogen and oxygen atoms in total. The molecule has 0 atom stereocenters. The molecule has 0 bridgehead atoms. The molecule has 0 saturated carbocycles. The fraction of sp³-hybridized carbons (Fsp3) is 0. The average Bonchev–Trinajstić information content (AvgIpc) is 3.67. The van der Waals surface area contributed by atoms with Gasteiger partial charge in [0.15, 0.2) is 0 Å². The van der Waals surface area contributed by atoms with Crippen molar-refractivity contribution < 1.29 is 25.0 Å². The SMILES string of the molecule is [2H]c1c([2H])c([2H])c(-c2c(-c3c4ccccc4c(-c4c([2H])c([2H])c([2H])c([2H])c4-c4ccccc4)c4ccccc34)c([2H])c([2H])c3c2oc2c([2H])c([2H])c([2H])c([2H])c23)c([2H])c1[2H]. The van der Waals surface area contributed by atoms with Crippen molar-refractivity contribution in [3.05, 3.63) is 169 Å². The standard InChI is InChI=1S/C44H28O/c1-3-15-29(16-4-1)31-19-7-8-21-33(31)42-34-22-9-11-24-36(34)43(37-25-12-10-23-35(37)42)39-28-27-38-32-20-13-14-26-40(32)45-44(38)41(39)30-17-5-2-6-18-30/h1-28H/i2D,5D,6D,7D,8D,13D,14D,17D,18D,19D,20D,21D,26D,27D,28D.